The Balaban J connectivity index is 1.25. The summed E-state index contributed by atoms with van der Waals surface area (Å²) in [6.45, 7) is 3.86. The third-order valence-electron chi connectivity index (χ3n) is 7.23. The molecule has 1 aromatic carbocycles. The number of hydrogen-bond donors (Lipinski definition) is 1. The van der Waals surface area contributed by atoms with Gasteiger partial charge in [-0.1, -0.05) is 18.2 Å². The van der Waals surface area contributed by atoms with E-state index in [0.717, 1.165) is 66.4 Å². The lowest BCUT2D eigenvalue weighted by molar-refractivity contribution is -0.145. The average Bonchev–Trinajstić information content (AvgIpc) is 3.57. The van der Waals surface area contributed by atoms with E-state index < -0.39 is 0 Å². The summed E-state index contributed by atoms with van der Waals surface area (Å²) in [7, 11) is 3.50. The lowest BCUT2D eigenvalue weighted by Gasteiger charge is -2.45. The number of nitrogens with one attached hydrogen (secondary N) is 1. The van der Waals surface area contributed by atoms with Crippen LogP contribution in [-0.2, 0) is 11.8 Å². The zero-order valence-corrected chi connectivity index (χ0v) is 19.7. The van der Waals surface area contributed by atoms with Crippen LogP contribution in [0.4, 0.5) is 5.95 Å². The molecule has 0 spiro atoms. The molecule has 6 rings (SSSR count). The molecular weight excluding hydrogens is 432 g/mol. The van der Waals surface area contributed by atoms with Crippen molar-refractivity contribution in [2.75, 3.05) is 25.5 Å². The Kier molecular flexibility index (Phi) is 4.72. The van der Waals surface area contributed by atoms with Crippen LogP contribution in [0.3, 0.4) is 0 Å². The zero-order chi connectivity index (χ0) is 23.4. The van der Waals surface area contributed by atoms with Gasteiger partial charge in [0.2, 0.25) is 17.7 Å². The minimum Gasteiger partial charge on any atom is -0.479 e. The molecule has 1 N–H and O–H groups in total. The van der Waals surface area contributed by atoms with E-state index in [0.29, 0.717) is 11.8 Å². The Labute approximate surface area is 196 Å². The molecule has 2 aliphatic rings. The maximum absolute atomic E-state index is 12.9. The molecule has 4 aromatic rings. The topological polar surface area (TPSA) is 102 Å². The van der Waals surface area contributed by atoms with E-state index in [-0.39, 0.29) is 17.4 Å². The number of hydrogen-bond acceptors (Lipinski definition) is 7. The minimum absolute atomic E-state index is 0.161. The highest BCUT2D eigenvalue weighted by Gasteiger charge is 2.48. The van der Waals surface area contributed by atoms with E-state index in [1.807, 2.05) is 36.3 Å². The molecule has 1 aliphatic heterocycles. The van der Waals surface area contributed by atoms with E-state index in [1.165, 1.54) is 0 Å². The summed E-state index contributed by atoms with van der Waals surface area (Å²) in [5.41, 5.74) is 4.28. The highest BCUT2D eigenvalue weighted by Crippen LogP contribution is 2.44. The number of likely N-dealkylation sites (tertiary alicyclic amines) is 1. The number of ether oxygens (including phenoxy) is 1. The van der Waals surface area contributed by atoms with Crippen molar-refractivity contribution in [3.05, 3.63) is 30.5 Å². The van der Waals surface area contributed by atoms with Gasteiger partial charge in [0.15, 0.2) is 0 Å². The number of benzene rings is 1. The third kappa shape index (κ3) is 3.27. The highest BCUT2D eigenvalue weighted by atomic mass is 16.5. The maximum atomic E-state index is 12.9. The summed E-state index contributed by atoms with van der Waals surface area (Å²) in [5, 5.41) is 16.3. The molecule has 1 aliphatic carbocycles. The van der Waals surface area contributed by atoms with Crippen molar-refractivity contribution in [2.24, 2.45) is 12.5 Å². The molecule has 0 radical (unpaired) electrons. The van der Waals surface area contributed by atoms with Crippen molar-refractivity contribution in [1.82, 2.24) is 34.5 Å². The van der Waals surface area contributed by atoms with Crippen molar-refractivity contribution < 1.29 is 9.53 Å². The molecule has 0 atom stereocenters. The van der Waals surface area contributed by atoms with Crippen LogP contribution < -0.4 is 10.1 Å². The molecule has 3 aromatic heterocycles. The smallest absolute Gasteiger partial charge is 0.244 e. The number of nitrogens with zero attached hydrogens (tertiary/aromatic N) is 7. The number of anilines is 1. The fourth-order valence-corrected chi connectivity index (χ4v) is 5.42. The first-order chi connectivity index (χ1) is 16.4. The van der Waals surface area contributed by atoms with Crippen molar-refractivity contribution in [1.29, 1.82) is 0 Å². The van der Waals surface area contributed by atoms with E-state index in [9.17, 15) is 4.79 Å². The summed E-state index contributed by atoms with van der Waals surface area (Å²) in [6.07, 6.45) is 5.70. The number of carbonyl (C=O) groups excluding carboxylic acids is 1. The third-order valence-corrected chi connectivity index (χ3v) is 7.23. The zero-order valence-electron chi connectivity index (χ0n) is 19.7. The Morgan fingerprint density at radius 2 is 2.00 bits per heavy atom. The summed E-state index contributed by atoms with van der Waals surface area (Å²) in [6, 6.07) is 8.21. The summed E-state index contributed by atoms with van der Waals surface area (Å²) >= 11 is 0. The molecule has 2 fully saturated rings. The van der Waals surface area contributed by atoms with Gasteiger partial charge in [0.1, 0.15) is 11.0 Å². The summed E-state index contributed by atoms with van der Waals surface area (Å²) in [4.78, 5) is 19.5. The molecule has 10 heteroatoms. The number of methoxy groups -OCH3 is 1. The average molecular weight is 461 g/mol. The van der Waals surface area contributed by atoms with Gasteiger partial charge in [-0.15, -0.1) is 10.2 Å². The molecule has 1 saturated carbocycles. The van der Waals surface area contributed by atoms with E-state index >= 15 is 0 Å². The summed E-state index contributed by atoms with van der Waals surface area (Å²) in [5.74, 6) is 1.28. The number of rotatable bonds is 5. The van der Waals surface area contributed by atoms with Crippen LogP contribution in [0.5, 0.6) is 5.88 Å². The highest BCUT2D eigenvalue weighted by molar-refractivity contribution is 5.89. The lowest BCUT2D eigenvalue weighted by Crippen LogP contribution is -2.53. The van der Waals surface area contributed by atoms with Crippen LogP contribution in [0.15, 0.2) is 30.5 Å². The van der Waals surface area contributed by atoms with Gasteiger partial charge < -0.3 is 15.0 Å². The van der Waals surface area contributed by atoms with Gasteiger partial charge in [-0.3, -0.25) is 4.79 Å². The Hall–Kier alpha value is -3.69. The molecule has 1 amide bonds. The molecule has 1 saturated heterocycles. The molecule has 34 heavy (non-hydrogen) atoms. The molecular formula is C24H28N8O2. The van der Waals surface area contributed by atoms with E-state index in [1.54, 1.807) is 16.3 Å². The Morgan fingerprint density at radius 1 is 1.21 bits per heavy atom. The van der Waals surface area contributed by atoms with E-state index in [2.05, 4.69) is 38.7 Å². The second kappa shape index (κ2) is 7.68. The monoisotopic (exact) mass is 460 g/mol. The molecule has 0 unspecified atom stereocenters. The lowest BCUT2D eigenvalue weighted by atomic mass is 9.66. The first kappa shape index (κ1) is 20.9. The predicted molar refractivity (Wildman–Crippen MR) is 128 cm³/mol. The standard InChI is InChI=1S/C24H28N8O2/c1-24(22(33)31-9-4-5-10-31)13-16(14-24)25-23-26-21(34-3)20-17(8-11-32(20)28-23)15-6-7-18-19(12-15)30(2)29-27-18/h6-8,11-12,16H,4-5,9-10,13-14H2,1-3H3,(H,25,28). The van der Waals surface area contributed by atoms with Crippen LogP contribution in [0.2, 0.25) is 0 Å². The van der Waals surface area contributed by atoms with Gasteiger partial charge in [0.05, 0.1) is 18.0 Å². The molecule has 10 nitrogen and oxygen atoms in total. The largest absolute Gasteiger partial charge is 0.479 e. The van der Waals surface area contributed by atoms with Gasteiger partial charge in [0.25, 0.3) is 0 Å². The number of aromatic nitrogens is 6. The summed E-state index contributed by atoms with van der Waals surface area (Å²) < 4.78 is 9.21. The van der Waals surface area contributed by atoms with E-state index in [4.69, 9.17) is 4.74 Å². The minimum atomic E-state index is -0.296. The molecule has 176 valence electrons. The second-order valence-corrected chi connectivity index (χ2v) is 9.69. The number of carbonyl (C=O) groups is 1. The van der Waals surface area contributed by atoms with Crippen LogP contribution in [0.1, 0.15) is 32.6 Å². The number of amides is 1. The first-order valence-corrected chi connectivity index (χ1v) is 11.7. The van der Waals surface area contributed by atoms with Crippen LogP contribution in [0, 0.1) is 5.41 Å². The van der Waals surface area contributed by atoms with Gasteiger partial charge in [-0.05, 0) is 49.4 Å². The Bertz CT molecular complexity index is 1400. The van der Waals surface area contributed by atoms with Gasteiger partial charge in [-0.2, -0.15) is 4.98 Å². The quantitative estimate of drug-likeness (QED) is 0.488. The van der Waals surface area contributed by atoms with Crippen LogP contribution >= 0.6 is 0 Å². The predicted octanol–water partition coefficient (Wildman–Crippen LogP) is 2.89. The fraction of sp³-hybridized carbons (Fsp3) is 0.458. The van der Waals surface area contributed by atoms with Crippen molar-refractivity contribution >= 4 is 28.4 Å². The SMILES string of the molecule is COc1nc(NC2CC(C)(C(=O)N3CCCC3)C2)nn2ccc(-c3ccc4nnn(C)c4c3)c12. The van der Waals surface area contributed by atoms with Crippen molar-refractivity contribution in [3.8, 4) is 17.0 Å². The Morgan fingerprint density at radius 3 is 2.76 bits per heavy atom. The van der Waals surface area contributed by atoms with Crippen LogP contribution in [-0.4, -0.2) is 66.6 Å². The van der Waals surface area contributed by atoms with Crippen molar-refractivity contribution in [3.63, 3.8) is 0 Å². The van der Waals surface area contributed by atoms with Crippen molar-refractivity contribution in [2.45, 2.75) is 38.6 Å². The first-order valence-electron chi connectivity index (χ1n) is 11.7. The maximum Gasteiger partial charge on any atom is 0.244 e. The second-order valence-electron chi connectivity index (χ2n) is 9.69. The van der Waals surface area contributed by atoms with Crippen LogP contribution in [0.25, 0.3) is 27.7 Å². The number of aryl methyl sites for hydroxylation is 1. The van der Waals surface area contributed by atoms with Gasteiger partial charge in [-0.25, -0.2) is 9.20 Å². The fourth-order valence-electron chi connectivity index (χ4n) is 5.42. The van der Waals surface area contributed by atoms with Gasteiger partial charge in [0, 0.05) is 37.9 Å². The normalized spacial score (nSPS) is 22.3. The van der Waals surface area contributed by atoms with Gasteiger partial charge >= 0.3 is 0 Å². The molecule has 4 heterocycles. The molecule has 0 bridgehead atoms. The number of fused-ring (bicyclic) bond motifs is 2.